The molecule has 0 bridgehead atoms. The maximum Gasteiger partial charge on any atom is 0.421 e. The van der Waals surface area contributed by atoms with Crippen molar-refractivity contribution in [2.24, 2.45) is 0 Å². The Balaban J connectivity index is 1.68. The molecule has 10 nitrogen and oxygen atoms in total. The Bertz CT molecular complexity index is 1430. The second kappa shape index (κ2) is 11.7. The van der Waals surface area contributed by atoms with E-state index in [0.717, 1.165) is 53.9 Å². The van der Waals surface area contributed by atoms with Gasteiger partial charge in [-0.1, -0.05) is 12.1 Å². The molecule has 1 fully saturated rings. The topological polar surface area (TPSA) is 136 Å². The molecule has 0 spiro atoms. The molecule has 2 aromatic rings. The van der Waals surface area contributed by atoms with Gasteiger partial charge in [0, 0.05) is 19.5 Å². The van der Waals surface area contributed by atoms with E-state index in [4.69, 9.17) is 0 Å². The first kappa shape index (κ1) is 31.5. The van der Waals surface area contributed by atoms with Crippen LogP contribution in [0, 0.1) is 5.82 Å². The lowest BCUT2D eigenvalue weighted by Gasteiger charge is -2.40. The van der Waals surface area contributed by atoms with Crippen LogP contribution in [0.1, 0.15) is 37.3 Å². The van der Waals surface area contributed by atoms with Crippen molar-refractivity contribution >= 4 is 27.7 Å². The number of hydrogen-bond donors (Lipinski definition) is 3. The fourth-order valence-corrected chi connectivity index (χ4v) is 6.90. The Morgan fingerprint density at radius 3 is 2.40 bits per heavy atom. The van der Waals surface area contributed by atoms with Crippen molar-refractivity contribution in [2.45, 2.75) is 67.5 Å². The van der Waals surface area contributed by atoms with Crippen molar-refractivity contribution in [3.63, 3.8) is 0 Å². The fraction of sp³-hybridized carbons (Fsp3) is 0.481. The van der Waals surface area contributed by atoms with Crippen LogP contribution >= 0.6 is 0 Å². The lowest BCUT2D eigenvalue weighted by molar-refractivity contribution is -0.258. The molecule has 1 unspecified atom stereocenters. The number of rotatable bonds is 6. The second-order valence-corrected chi connectivity index (χ2v) is 12.3. The van der Waals surface area contributed by atoms with Gasteiger partial charge in [0.1, 0.15) is 5.82 Å². The number of aliphatic hydroxyl groups is 2. The van der Waals surface area contributed by atoms with Crippen LogP contribution in [0.5, 0.6) is 0 Å². The number of carbonyl (C=O) groups excluding carboxylic acids is 2. The molecule has 230 valence electrons. The first-order valence-corrected chi connectivity index (χ1v) is 14.5. The third-order valence-corrected chi connectivity index (χ3v) is 9.59. The van der Waals surface area contributed by atoms with Crippen LogP contribution in [0.2, 0.25) is 0 Å². The van der Waals surface area contributed by atoms with Crippen LogP contribution in [0.25, 0.3) is 0 Å². The third kappa shape index (κ3) is 6.17. The largest absolute Gasteiger partial charge is 0.453 e. The molecule has 42 heavy (non-hydrogen) atoms. The number of aryl methyl sites for hydroxylation is 1. The number of hydrogen-bond acceptors (Lipinski definition) is 7. The summed E-state index contributed by atoms with van der Waals surface area (Å²) in [6, 6.07) is 5.47. The van der Waals surface area contributed by atoms with E-state index in [1.54, 1.807) is 0 Å². The zero-order valence-electron chi connectivity index (χ0n) is 22.8. The standard InChI is InChI=1S/C27H31F4N3O7S/c1-26(38,27(29,30)31)17-4-10-22-16(13-17)3-7-19(34(22)42(39,40)20-8-5-18(28)6-9-20)14-24(36)33-12-11-23(35)21(15-33)32-25(37)41-2/h4-6,8-10,13,19,21,23,35,38H,3,7,11-12,14-15H2,1-2H3,(H,32,37)/t19-,21-,23+,26?/m0/s1. The lowest BCUT2D eigenvalue weighted by atomic mass is 9.89. The summed E-state index contributed by atoms with van der Waals surface area (Å²) in [5.74, 6) is -1.15. The van der Waals surface area contributed by atoms with Crippen molar-refractivity contribution in [3.8, 4) is 0 Å². The Morgan fingerprint density at radius 2 is 1.79 bits per heavy atom. The molecule has 2 aliphatic rings. The number of methoxy groups -OCH3 is 1. The molecule has 2 amide bonds. The number of nitrogens with zero attached hydrogens (tertiary/aromatic N) is 2. The van der Waals surface area contributed by atoms with Crippen LogP contribution in [0.4, 0.5) is 28.0 Å². The number of ether oxygens (including phenoxy) is 1. The van der Waals surface area contributed by atoms with Crippen molar-refractivity contribution in [3.05, 3.63) is 59.4 Å². The summed E-state index contributed by atoms with van der Waals surface area (Å²) >= 11 is 0. The van der Waals surface area contributed by atoms with Crippen LogP contribution < -0.4 is 9.62 Å². The average molecular weight is 618 g/mol. The SMILES string of the molecule is COC(=O)N[C@H]1CN(C(=O)C[C@@H]2CCc3cc(C(C)(O)C(F)(F)F)ccc3N2S(=O)(=O)c2ccc(F)cc2)CC[C@H]1O. The number of likely N-dealkylation sites (tertiary alicyclic amines) is 1. The van der Waals surface area contributed by atoms with Crippen LogP contribution in [-0.2, 0) is 31.6 Å². The molecule has 0 radical (unpaired) electrons. The highest BCUT2D eigenvalue weighted by molar-refractivity contribution is 7.92. The number of fused-ring (bicyclic) bond motifs is 1. The van der Waals surface area contributed by atoms with Gasteiger partial charge in [-0.05, 0) is 67.6 Å². The van der Waals surface area contributed by atoms with Gasteiger partial charge >= 0.3 is 12.3 Å². The van der Waals surface area contributed by atoms with E-state index in [1.165, 1.54) is 4.90 Å². The van der Waals surface area contributed by atoms with Gasteiger partial charge in [0.2, 0.25) is 5.91 Å². The molecule has 15 heteroatoms. The number of amides is 2. The summed E-state index contributed by atoms with van der Waals surface area (Å²) in [6.07, 6.45) is -6.73. The molecule has 1 saturated heterocycles. The molecule has 0 aliphatic carbocycles. The van der Waals surface area contributed by atoms with E-state index in [1.807, 2.05) is 0 Å². The lowest BCUT2D eigenvalue weighted by Crippen LogP contribution is -2.57. The van der Waals surface area contributed by atoms with Crippen molar-refractivity contribution < 1.29 is 50.5 Å². The summed E-state index contributed by atoms with van der Waals surface area (Å²) in [7, 11) is -3.29. The Morgan fingerprint density at radius 1 is 1.12 bits per heavy atom. The zero-order chi connectivity index (χ0) is 31.0. The summed E-state index contributed by atoms with van der Waals surface area (Å²) in [4.78, 5) is 26.2. The highest BCUT2D eigenvalue weighted by atomic mass is 32.2. The van der Waals surface area contributed by atoms with Gasteiger partial charge in [0.15, 0.2) is 5.60 Å². The minimum Gasteiger partial charge on any atom is -0.453 e. The predicted molar refractivity (Wildman–Crippen MR) is 141 cm³/mol. The van der Waals surface area contributed by atoms with Gasteiger partial charge in [-0.3, -0.25) is 9.10 Å². The number of sulfonamides is 1. The smallest absolute Gasteiger partial charge is 0.421 e. The van der Waals surface area contributed by atoms with Gasteiger partial charge < -0.3 is 25.2 Å². The van der Waals surface area contributed by atoms with Crippen molar-refractivity contribution in [1.29, 1.82) is 0 Å². The highest BCUT2D eigenvalue weighted by Gasteiger charge is 2.51. The number of alkyl halides is 3. The predicted octanol–water partition coefficient (Wildman–Crippen LogP) is 2.81. The molecular formula is C27H31F4N3O7S. The maximum atomic E-state index is 13.9. The maximum absolute atomic E-state index is 13.9. The number of nitrogens with one attached hydrogen (secondary N) is 1. The van der Waals surface area contributed by atoms with Crippen molar-refractivity contribution in [2.75, 3.05) is 24.5 Å². The first-order valence-electron chi connectivity index (χ1n) is 13.1. The monoisotopic (exact) mass is 617 g/mol. The number of alkyl carbamates (subject to hydrolysis) is 1. The second-order valence-electron chi connectivity index (χ2n) is 10.5. The molecule has 0 aromatic heterocycles. The number of aliphatic hydroxyl groups excluding tert-OH is 1. The number of carbonyl (C=O) groups is 2. The van der Waals surface area contributed by atoms with Gasteiger partial charge in [-0.25, -0.2) is 17.6 Å². The van der Waals surface area contributed by atoms with Crippen molar-refractivity contribution in [1.82, 2.24) is 10.2 Å². The van der Waals surface area contributed by atoms with Crippen LogP contribution in [-0.4, -0.2) is 80.1 Å². The van der Waals surface area contributed by atoms with Gasteiger partial charge in [-0.2, -0.15) is 13.2 Å². The number of benzene rings is 2. The summed E-state index contributed by atoms with van der Waals surface area (Å²) in [5.41, 5.74) is -3.42. The Labute approximate surface area is 239 Å². The van der Waals surface area contributed by atoms with Gasteiger partial charge in [0.25, 0.3) is 10.0 Å². The van der Waals surface area contributed by atoms with Gasteiger partial charge in [0.05, 0.1) is 35.9 Å². The quantitative estimate of drug-likeness (QED) is 0.424. The van der Waals surface area contributed by atoms with Crippen LogP contribution in [0.3, 0.4) is 0 Å². The molecule has 4 rings (SSSR count). The molecule has 4 atom stereocenters. The number of anilines is 1. The first-order chi connectivity index (χ1) is 19.6. The minimum absolute atomic E-state index is 0.0319. The Kier molecular flexibility index (Phi) is 8.77. The number of halogens is 4. The molecular weight excluding hydrogens is 586 g/mol. The van der Waals surface area contributed by atoms with E-state index < -0.39 is 63.4 Å². The van der Waals surface area contributed by atoms with Crippen LogP contribution in [0.15, 0.2) is 47.4 Å². The normalized spacial score (nSPS) is 22.6. The number of piperidine rings is 1. The fourth-order valence-electron chi connectivity index (χ4n) is 5.18. The molecule has 2 heterocycles. The highest BCUT2D eigenvalue weighted by Crippen LogP contribution is 2.43. The van der Waals surface area contributed by atoms with E-state index in [9.17, 15) is 45.8 Å². The minimum atomic E-state index is -4.99. The summed E-state index contributed by atoms with van der Waals surface area (Å²) in [5, 5.41) is 22.9. The molecule has 0 saturated carbocycles. The Hall–Kier alpha value is -3.43. The molecule has 3 N–H and O–H groups in total. The van der Waals surface area contributed by atoms with E-state index in [0.29, 0.717) is 6.92 Å². The summed E-state index contributed by atoms with van der Waals surface area (Å²) in [6.45, 7) is 0.687. The van der Waals surface area contributed by atoms with E-state index >= 15 is 0 Å². The zero-order valence-corrected chi connectivity index (χ0v) is 23.6. The molecule has 2 aromatic carbocycles. The van der Waals surface area contributed by atoms with Gasteiger partial charge in [-0.15, -0.1) is 0 Å². The van der Waals surface area contributed by atoms with E-state index in [-0.39, 0.29) is 54.9 Å². The average Bonchev–Trinajstić information content (AvgIpc) is 2.93. The third-order valence-electron chi connectivity index (χ3n) is 7.71. The molecule has 2 aliphatic heterocycles. The summed E-state index contributed by atoms with van der Waals surface area (Å²) < 4.78 is 87.4. The van der Waals surface area contributed by atoms with E-state index in [2.05, 4.69) is 10.1 Å².